The Labute approximate surface area is 127 Å². The lowest BCUT2D eigenvalue weighted by molar-refractivity contribution is 0.411. The van der Waals surface area contributed by atoms with Crippen LogP contribution in [0.15, 0.2) is 23.4 Å². The molecule has 2 aromatic rings. The molecule has 0 radical (unpaired) electrons. The Morgan fingerprint density at radius 2 is 2.29 bits per heavy atom. The highest BCUT2D eigenvalue weighted by Gasteiger charge is 2.09. The zero-order chi connectivity index (χ0) is 15.1. The van der Waals surface area contributed by atoms with Crippen LogP contribution in [0.4, 0.5) is 4.39 Å². The fourth-order valence-corrected chi connectivity index (χ4v) is 2.61. The van der Waals surface area contributed by atoms with Gasteiger partial charge in [-0.2, -0.15) is 0 Å². The molecule has 1 N–H and O–H groups in total. The molecule has 2 rings (SSSR count). The van der Waals surface area contributed by atoms with E-state index in [0.29, 0.717) is 28.8 Å². The Kier molecular flexibility index (Phi) is 5.94. The molecule has 1 heterocycles. The normalized spacial score (nSPS) is 10.8. The first-order valence-corrected chi connectivity index (χ1v) is 7.65. The number of likely N-dealkylation sites (N-methyl/N-ethyl adjacent to an activating group) is 1. The molecule has 1 aromatic heterocycles. The summed E-state index contributed by atoms with van der Waals surface area (Å²) in [4.78, 5) is 0. The molecule has 114 valence electrons. The number of nitrogens with one attached hydrogen (secondary N) is 1. The van der Waals surface area contributed by atoms with Gasteiger partial charge in [-0.25, -0.2) is 9.07 Å². The number of hydrogen-bond donors (Lipinski definition) is 1. The molecule has 0 aliphatic carbocycles. The summed E-state index contributed by atoms with van der Waals surface area (Å²) in [6.07, 6.45) is 0. The molecule has 6 nitrogen and oxygen atoms in total. The van der Waals surface area contributed by atoms with Crippen molar-refractivity contribution in [2.24, 2.45) is 0 Å². The fourth-order valence-electron chi connectivity index (χ4n) is 1.72. The van der Waals surface area contributed by atoms with Gasteiger partial charge in [0.1, 0.15) is 11.6 Å². The molecule has 0 saturated heterocycles. The Balaban J connectivity index is 1.95. The van der Waals surface area contributed by atoms with Crippen molar-refractivity contribution in [1.29, 1.82) is 0 Å². The number of thioether (sulfide) groups is 1. The second-order valence-electron chi connectivity index (χ2n) is 4.28. The molecular formula is C13H18FN5OS. The van der Waals surface area contributed by atoms with E-state index in [2.05, 4.69) is 20.8 Å². The summed E-state index contributed by atoms with van der Waals surface area (Å²) < 4.78 is 20.6. The van der Waals surface area contributed by atoms with Crippen LogP contribution in [0.3, 0.4) is 0 Å². The van der Waals surface area contributed by atoms with Crippen molar-refractivity contribution in [1.82, 2.24) is 25.5 Å². The molecule has 21 heavy (non-hydrogen) atoms. The number of halogens is 1. The van der Waals surface area contributed by atoms with E-state index >= 15 is 0 Å². The first-order chi connectivity index (χ1) is 10.2. The van der Waals surface area contributed by atoms with Crippen molar-refractivity contribution in [3.63, 3.8) is 0 Å². The number of hydrogen-bond acceptors (Lipinski definition) is 6. The SMILES string of the molecule is CCNCCn1nnnc1SCc1ccc(OC)cc1F. The van der Waals surface area contributed by atoms with Crippen LogP contribution in [0.5, 0.6) is 5.75 Å². The van der Waals surface area contributed by atoms with E-state index in [-0.39, 0.29) is 5.82 Å². The molecule has 8 heteroatoms. The van der Waals surface area contributed by atoms with Gasteiger partial charge in [-0.1, -0.05) is 24.8 Å². The third-order valence-corrected chi connectivity index (χ3v) is 3.87. The summed E-state index contributed by atoms with van der Waals surface area (Å²) >= 11 is 1.41. The van der Waals surface area contributed by atoms with E-state index in [1.165, 1.54) is 24.9 Å². The predicted octanol–water partition coefficient (Wildman–Crippen LogP) is 1.72. The summed E-state index contributed by atoms with van der Waals surface area (Å²) in [5.41, 5.74) is 0.599. The Bertz CT molecular complexity index is 577. The molecule has 0 spiro atoms. The smallest absolute Gasteiger partial charge is 0.209 e. The number of ether oxygens (including phenoxy) is 1. The van der Waals surface area contributed by atoms with Crippen LogP contribution in [-0.4, -0.2) is 40.4 Å². The van der Waals surface area contributed by atoms with Crippen molar-refractivity contribution in [2.75, 3.05) is 20.2 Å². The largest absolute Gasteiger partial charge is 0.497 e. The molecule has 0 atom stereocenters. The summed E-state index contributed by atoms with van der Waals surface area (Å²) in [6.45, 7) is 4.43. The zero-order valence-electron chi connectivity index (χ0n) is 12.0. The van der Waals surface area contributed by atoms with Crippen LogP contribution < -0.4 is 10.1 Å². The zero-order valence-corrected chi connectivity index (χ0v) is 12.9. The van der Waals surface area contributed by atoms with Crippen LogP contribution in [0, 0.1) is 5.82 Å². The second kappa shape index (κ2) is 7.94. The van der Waals surface area contributed by atoms with Crippen molar-refractivity contribution < 1.29 is 9.13 Å². The van der Waals surface area contributed by atoms with Gasteiger partial charge >= 0.3 is 0 Å². The maximum Gasteiger partial charge on any atom is 0.209 e. The lowest BCUT2D eigenvalue weighted by atomic mass is 10.2. The molecule has 1 aromatic carbocycles. The van der Waals surface area contributed by atoms with Gasteiger partial charge in [-0.3, -0.25) is 0 Å². The van der Waals surface area contributed by atoms with E-state index in [1.54, 1.807) is 16.8 Å². The summed E-state index contributed by atoms with van der Waals surface area (Å²) in [6, 6.07) is 4.84. The highest BCUT2D eigenvalue weighted by Crippen LogP contribution is 2.24. The highest BCUT2D eigenvalue weighted by molar-refractivity contribution is 7.98. The van der Waals surface area contributed by atoms with E-state index in [4.69, 9.17) is 4.74 Å². The predicted molar refractivity (Wildman–Crippen MR) is 78.9 cm³/mol. The average Bonchev–Trinajstić information content (AvgIpc) is 2.93. The van der Waals surface area contributed by atoms with Gasteiger partial charge in [0.25, 0.3) is 0 Å². The molecule has 0 saturated carbocycles. The molecular weight excluding hydrogens is 293 g/mol. The maximum atomic E-state index is 13.9. The second-order valence-corrected chi connectivity index (χ2v) is 5.23. The third-order valence-electron chi connectivity index (χ3n) is 2.87. The Morgan fingerprint density at radius 3 is 3.00 bits per heavy atom. The molecule has 0 amide bonds. The minimum Gasteiger partial charge on any atom is -0.497 e. The van der Waals surface area contributed by atoms with Crippen molar-refractivity contribution in [3.8, 4) is 5.75 Å². The van der Waals surface area contributed by atoms with E-state index < -0.39 is 0 Å². The maximum absolute atomic E-state index is 13.9. The highest BCUT2D eigenvalue weighted by atomic mass is 32.2. The standard InChI is InChI=1S/C13H18FN5OS/c1-3-15-6-7-19-13(16-17-18-19)21-9-10-4-5-11(20-2)8-12(10)14/h4-5,8,15H,3,6-7,9H2,1-2H3. The molecule has 0 bridgehead atoms. The van der Waals surface area contributed by atoms with Gasteiger partial charge in [-0.15, -0.1) is 5.10 Å². The molecule has 0 aliphatic rings. The van der Waals surface area contributed by atoms with E-state index in [9.17, 15) is 4.39 Å². The molecule has 0 unspecified atom stereocenters. The van der Waals surface area contributed by atoms with Gasteiger partial charge in [0, 0.05) is 18.4 Å². The lowest BCUT2D eigenvalue weighted by Crippen LogP contribution is -2.20. The molecule has 0 aliphatic heterocycles. The summed E-state index contributed by atoms with van der Waals surface area (Å²) in [7, 11) is 1.52. The quantitative estimate of drug-likeness (QED) is 0.591. The van der Waals surface area contributed by atoms with Gasteiger partial charge in [-0.05, 0) is 28.6 Å². The van der Waals surface area contributed by atoms with Crippen molar-refractivity contribution >= 4 is 11.8 Å². The number of methoxy groups -OCH3 is 1. The van der Waals surface area contributed by atoms with Gasteiger partial charge in [0.2, 0.25) is 5.16 Å². The first-order valence-electron chi connectivity index (χ1n) is 6.66. The monoisotopic (exact) mass is 311 g/mol. The number of tetrazole rings is 1. The fraction of sp³-hybridized carbons (Fsp3) is 0.462. The number of aromatic nitrogens is 4. The molecule has 0 fully saturated rings. The number of benzene rings is 1. The van der Waals surface area contributed by atoms with Crippen LogP contribution in [0.2, 0.25) is 0 Å². The van der Waals surface area contributed by atoms with Crippen LogP contribution in [0.1, 0.15) is 12.5 Å². The minimum atomic E-state index is -0.284. The first kappa shape index (κ1) is 15.7. The van der Waals surface area contributed by atoms with Gasteiger partial charge in [0.05, 0.1) is 13.7 Å². The Morgan fingerprint density at radius 1 is 1.43 bits per heavy atom. The number of rotatable bonds is 8. The Hall–Kier alpha value is -1.67. The van der Waals surface area contributed by atoms with Gasteiger partial charge in [0.15, 0.2) is 0 Å². The number of nitrogens with zero attached hydrogens (tertiary/aromatic N) is 4. The van der Waals surface area contributed by atoms with Gasteiger partial charge < -0.3 is 10.1 Å². The minimum absolute atomic E-state index is 0.284. The van der Waals surface area contributed by atoms with E-state index in [0.717, 1.165) is 13.1 Å². The van der Waals surface area contributed by atoms with Crippen molar-refractivity contribution in [3.05, 3.63) is 29.6 Å². The summed E-state index contributed by atoms with van der Waals surface area (Å²) in [5, 5.41) is 15.5. The van der Waals surface area contributed by atoms with E-state index in [1.807, 2.05) is 6.92 Å². The third kappa shape index (κ3) is 4.40. The van der Waals surface area contributed by atoms with Crippen LogP contribution in [0.25, 0.3) is 0 Å². The lowest BCUT2D eigenvalue weighted by Gasteiger charge is -2.06. The van der Waals surface area contributed by atoms with Crippen LogP contribution >= 0.6 is 11.8 Å². The topological polar surface area (TPSA) is 64.9 Å². The summed E-state index contributed by atoms with van der Waals surface area (Å²) in [5.74, 6) is 0.697. The average molecular weight is 311 g/mol. The van der Waals surface area contributed by atoms with Crippen molar-refractivity contribution in [2.45, 2.75) is 24.4 Å². The van der Waals surface area contributed by atoms with Crippen LogP contribution in [-0.2, 0) is 12.3 Å².